The number of hydrogen-bond acceptors (Lipinski definition) is 3. The van der Waals surface area contributed by atoms with Gasteiger partial charge in [-0.1, -0.05) is 20.8 Å². The second-order valence-electron chi connectivity index (χ2n) is 6.67. The molecule has 0 unspecified atom stereocenters. The summed E-state index contributed by atoms with van der Waals surface area (Å²) in [7, 11) is 0. The lowest BCUT2D eigenvalue weighted by molar-refractivity contribution is -0.140. The van der Waals surface area contributed by atoms with Crippen molar-refractivity contribution in [2.45, 2.75) is 46.2 Å². The molecule has 2 heterocycles. The zero-order valence-electron chi connectivity index (χ0n) is 13.0. The number of likely N-dealkylation sites (tertiary alicyclic amines) is 1. The van der Waals surface area contributed by atoms with E-state index in [0.717, 1.165) is 42.6 Å². The average molecular weight is 354 g/mol. The SMILES string of the molecule is CC(C)(C)C(=O)N1CCC(NCc2ccc(Br)cn2)CC1. The lowest BCUT2D eigenvalue weighted by atomic mass is 9.93. The van der Waals surface area contributed by atoms with Gasteiger partial charge in [0.1, 0.15) is 0 Å². The molecular formula is C16H24BrN3O. The first-order valence-corrected chi connectivity index (χ1v) is 8.29. The lowest BCUT2D eigenvalue weighted by Crippen LogP contribution is -2.48. The summed E-state index contributed by atoms with van der Waals surface area (Å²) >= 11 is 3.39. The smallest absolute Gasteiger partial charge is 0.227 e. The Labute approximate surface area is 135 Å². The van der Waals surface area contributed by atoms with Crippen LogP contribution in [0.5, 0.6) is 0 Å². The highest BCUT2D eigenvalue weighted by molar-refractivity contribution is 9.10. The highest BCUT2D eigenvalue weighted by Crippen LogP contribution is 2.21. The summed E-state index contributed by atoms with van der Waals surface area (Å²) < 4.78 is 1.00. The fourth-order valence-electron chi connectivity index (χ4n) is 2.52. The molecule has 0 spiro atoms. The van der Waals surface area contributed by atoms with E-state index in [2.05, 4.69) is 26.2 Å². The second-order valence-corrected chi connectivity index (χ2v) is 7.58. The molecule has 0 aliphatic carbocycles. The minimum absolute atomic E-state index is 0.260. The molecule has 1 aromatic rings. The van der Waals surface area contributed by atoms with Crippen molar-refractivity contribution in [1.82, 2.24) is 15.2 Å². The Morgan fingerprint density at radius 1 is 1.38 bits per heavy atom. The van der Waals surface area contributed by atoms with Gasteiger partial charge in [0, 0.05) is 41.8 Å². The molecule has 1 fully saturated rings. The zero-order chi connectivity index (χ0) is 15.5. The zero-order valence-corrected chi connectivity index (χ0v) is 14.6. The summed E-state index contributed by atoms with van der Waals surface area (Å²) in [6.07, 6.45) is 3.85. The standard InChI is InChI=1S/C16H24BrN3O/c1-16(2,3)15(21)20-8-6-13(7-9-20)19-11-14-5-4-12(17)10-18-14/h4-5,10,13,19H,6-9,11H2,1-3H3. The summed E-state index contributed by atoms with van der Waals surface area (Å²) in [5.74, 6) is 0.260. The van der Waals surface area contributed by atoms with E-state index in [0.29, 0.717) is 6.04 Å². The molecule has 0 bridgehead atoms. The van der Waals surface area contributed by atoms with Crippen LogP contribution in [0.4, 0.5) is 0 Å². The van der Waals surface area contributed by atoms with Gasteiger partial charge in [-0.2, -0.15) is 0 Å². The number of rotatable bonds is 3. The largest absolute Gasteiger partial charge is 0.342 e. The van der Waals surface area contributed by atoms with Gasteiger partial charge < -0.3 is 10.2 Å². The van der Waals surface area contributed by atoms with Crippen LogP contribution in [0.25, 0.3) is 0 Å². The molecule has 0 saturated carbocycles. The van der Waals surface area contributed by atoms with Gasteiger partial charge in [-0.25, -0.2) is 0 Å². The number of carbonyl (C=O) groups excluding carboxylic acids is 1. The monoisotopic (exact) mass is 353 g/mol. The topological polar surface area (TPSA) is 45.2 Å². The molecule has 2 rings (SSSR count). The third-order valence-corrected chi connectivity index (χ3v) is 4.25. The molecule has 1 saturated heterocycles. The fourth-order valence-corrected chi connectivity index (χ4v) is 2.76. The Hall–Kier alpha value is -0.940. The molecule has 116 valence electrons. The highest BCUT2D eigenvalue weighted by Gasteiger charge is 2.30. The Kier molecular flexibility index (Phi) is 5.38. The highest BCUT2D eigenvalue weighted by atomic mass is 79.9. The minimum atomic E-state index is -0.276. The van der Waals surface area contributed by atoms with Gasteiger partial charge in [0.15, 0.2) is 0 Å². The van der Waals surface area contributed by atoms with E-state index < -0.39 is 0 Å². The Bertz CT molecular complexity index is 473. The van der Waals surface area contributed by atoms with Gasteiger partial charge in [0.25, 0.3) is 0 Å². The van der Waals surface area contributed by atoms with Crippen molar-refractivity contribution in [3.05, 3.63) is 28.5 Å². The third-order valence-electron chi connectivity index (χ3n) is 3.78. The van der Waals surface area contributed by atoms with Crippen molar-refractivity contribution in [2.75, 3.05) is 13.1 Å². The number of nitrogens with one attached hydrogen (secondary N) is 1. The number of aromatic nitrogens is 1. The summed E-state index contributed by atoms with van der Waals surface area (Å²) in [6, 6.07) is 4.50. The van der Waals surface area contributed by atoms with Crippen LogP contribution >= 0.6 is 15.9 Å². The van der Waals surface area contributed by atoms with Crippen molar-refractivity contribution in [2.24, 2.45) is 5.41 Å². The summed E-state index contributed by atoms with van der Waals surface area (Å²) in [6.45, 7) is 8.44. The quantitative estimate of drug-likeness (QED) is 0.908. The fraction of sp³-hybridized carbons (Fsp3) is 0.625. The number of halogens is 1. The number of amides is 1. The number of piperidine rings is 1. The molecule has 0 aromatic carbocycles. The van der Waals surface area contributed by atoms with E-state index in [9.17, 15) is 4.79 Å². The van der Waals surface area contributed by atoms with E-state index in [1.165, 1.54) is 0 Å². The number of carbonyl (C=O) groups is 1. The molecule has 0 atom stereocenters. The van der Waals surface area contributed by atoms with Crippen LogP contribution in [0.15, 0.2) is 22.8 Å². The van der Waals surface area contributed by atoms with Crippen LogP contribution in [0, 0.1) is 5.41 Å². The van der Waals surface area contributed by atoms with Gasteiger partial charge in [-0.15, -0.1) is 0 Å². The predicted octanol–water partition coefficient (Wildman–Crippen LogP) is 2.97. The first-order valence-electron chi connectivity index (χ1n) is 7.49. The van der Waals surface area contributed by atoms with Crippen LogP contribution < -0.4 is 5.32 Å². The first-order chi connectivity index (χ1) is 9.86. The molecule has 4 nitrogen and oxygen atoms in total. The molecule has 1 aliphatic heterocycles. The average Bonchev–Trinajstić information content (AvgIpc) is 2.45. The first kappa shape index (κ1) is 16.4. The molecule has 5 heteroatoms. The van der Waals surface area contributed by atoms with Gasteiger partial charge >= 0.3 is 0 Å². The predicted molar refractivity (Wildman–Crippen MR) is 87.8 cm³/mol. The van der Waals surface area contributed by atoms with Crippen molar-refractivity contribution < 1.29 is 4.79 Å². The summed E-state index contributed by atoms with van der Waals surface area (Å²) in [4.78, 5) is 18.6. The van der Waals surface area contributed by atoms with E-state index in [1.54, 1.807) is 0 Å². The second kappa shape index (κ2) is 6.88. The van der Waals surface area contributed by atoms with Crippen molar-refractivity contribution >= 4 is 21.8 Å². The Morgan fingerprint density at radius 2 is 2.05 bits per heavy atom. The van der Waals surface area contributed by atoms with E-state index in [-0.39, 0.29) is 11.3 Å². The summed E-state index contributed by atoms with van der Waals surface area (Å²) in [5, 5.41) is 3.54. The van der Waals surface area contributed by atoms with Crippen LogP contribution in [-0.2, 0) is 11.3 Å². The molecule has 0 radical (unpaired) electrons. The molecular weight excluding hydrogens is 330 g/mol. The maximum Gasteiger partial charge on any atom is 0.227 e. The van der Waals surface area contributed by atoms with E-state index in [1.807, 2.05) is 44.0 Å². The van der Waals surface area contributed by atoms with Gasteiger partial charge in [-0.3, -0.25) is 9.78 Å². The Morgan fingerprint density at radius 3 is 2.57 bits per heavy atom. The number of hydrogen-bond donors (Lipinski definition) is 1. The maximum atomic E-state index is 12.2. The molecule has 1 aliphatic rings. The lowest BCUT2D eigenvalue weighted by Gasteiger charge is -2.36. The number of pyridine rings is 1. The van der Waals surface area contributed by atoms with Crippen LogP contribution in [0.2, 0.25) is 0 Å². The van der Waals surface area contributed by atoms with Crippen molar-refractivity contribution in [3.8, 4) is 0 Å². The van der Waals surface area contributed by atoms with E-state index >= 15 is 0 Å². The molecule has 1 aromatic heterocycles. The summed E-state index contributed by atoms with van der Waals surface area (Å²) in [5.41, 5.74) is 0.771. The Balaban J connectivity index is 1.77. The van der Waals surface area contributed by atoms with Crippen molar-refractivity contribution in [3.63, 3.8) is 0 Å². The van der Waals surface area contributed by atoms with E-state index in [4.69, 9.17) is 0 Å². The number of nitrogens with zero attached hydrogens (tertiary/aromatic N) is 2. The van der Waals surface area contributed by atoms with Crippen LogP contribution in [-0.4, -0.2) is 34.9 Å². The molecule has 21 heavy (non-hydrogen) atoms. The van der Waals surface area contributed by atoms with Crippen molar-refractivity contribution in [1.29, 1.82) is 0 Å². The van der Waals surface area contributed by atoms with Gasteiger partial charge in [0.05, 0.1) is 5.69 Å². The molecule has 1 N–H and O–H groups in total. The van der Waals surface area contributed by atoms with Gasteiger partial charge in [0.2, 0.25) is 5.91 Å². The van der Waals surface area contributed by atoms with Gasteiger partial charge in [-0.05, 0) is 40.9 Å². The normalized spacial score (nSPS) is 17.0. The third kappa shape index (κ3) is 4.78. The van der Waals surface area contributed by atoms with Crippen LogP contribution in [0.1, 0.15) is 39.3 Å². The molecule has 1 amide bonds. The maximum absolute atomic E-state index is 12.2. The van der Waals surface area contributed by atoms with Crippen LogP contribution in [0.3, 0.4) is 0 Å². The minimum Gasteiger partial charge on any atom is -0.342 e.